The molecule has 0 aromatic rings. The molecule has 1 unspecified atom stereocenters. The fourth-order valence-corrected chi connectivity index (χ4v) is 1.77. The van der Waals surface area contributed by atoms with E-state index in [1.54, 1.807) is 14.0 Å². The Hall–Kier alpha value is -0.610. The van der Waals surface area contributed by atoms with Crippen LogP contribution in [0.1, 0.15) is 26.2 Å². The van der Waals surface area contributed by atoms with Gasteiger partial charge in [-0.25, -0.2) is 0 Å². The Morgan fingerprint density at radius 2 is 2.13 bits per heavy atom. The first-order valence-electron chi connectivity index (χ1n) is 5.77. The van der Waals surface area contributed by atoms with Crippen LogP contribution in [0.3, 0.4) is 0 Å². The van der Waals surface area contributed by atoms with E-state index in [9.17, 15) is 4.79 Å². The molecule has 0 radical (unpaired) electrons. The van der Waals surface area contributed by atoms with Crippen LogP contribution in [-0.4, -0.2) is 50.2 Å². The standard InChI is InChI=1S/C11H22N2O2/c1-10(15-2)11(14)12-6-5-9-13-7-3-4-8-13/h10H,3-9H2,1-2H3,(H,12,14). The lowest BCUT2D eigenvalue weighted by molar-refractivity contribution is -0.130. The molecule has 1 amide bonds. The van der Waals surface area contributed by atoms with Gasteiger partial charge in [0, 0.05) is 13.7 Å². The number of ether oxygens (including phenoxy) is 1. The summed E-state index contributed by atoms with van der Waals surface area (Å²) in [5, 5.41) is 2.87. The smallest absolute Gasteiger partial charge is 0.248 e. The summed E-state index contributed by atoms with van der Waals surface area (Å²) in [5.74, 6) is -0.0149. The maximum Gasteiger partial charge on any atom is 0.248 e. The van der Waals surface area contributed by atoms with E-state index in [2.05, 4.69) is 10.2 Å². The number of carbonyl (C=O) groups is 1. The van der Waals surface area contributed by atoms with Crippen molar-refractivity contribution in [1.29, 1.82) is 0 Å². The predicted molar refractivity (Wildman–Crippen MR) is 59.8 cm³/mol. The van der Waals surface area contributed by atoms with Crippen LogP contribution in [0, 0.1) is 0 Å². The summed E-state index contributed by atoms with van der Waals surface area (Å²) >= 11 is 0. The van der Waals surface area contributed by atoms with Crippen molar-refractivity contribution in [3.63, 3.8) is 0 Å². The fourth-order valence-electron chi connectivity index (χ4n) is 1.77. The number of carbonyl (C=O) groups excluding carboxylic acids is 1. The van der Waals surface area contributed by atoms with Crippen LogP contribution in [0.2, 0.25) is 0 Å². The number of methoxy groups -OCH3 is 1. The number of likely N-dealkylation sites (tertiary alicyclic amines) is 1. The Bertz CT molecular complexity index is 191. The SMILES string of the molecule is COC(C)C(=O)NCCCN1CCCC1. The summed E-state index contributed by atoms with van der Waals surface area (Å²) in [5.41, 5.74) is 0. The van der Waals surface area contributed by atoms with Gasteiger partial charge in [0.25, 0.3) is 0 Å². The minimum Gasteiger partial charge on any atom is -0.372 e. The molecular weight excluding hydrogens is 192 g/mol. The Labute approximate surface area is 92.0 Å². The molecule has 4 nitrogen and oxygen atoms in total. The minimum atomic E-state index is -0.336. The van der Waals surface area contributed by atoms with E-state index in [-0.39, 0.29) is 12.0 Å². The summed E-state index contributed by atoms with van der Waals surface area (Å²) in [6.45, 7) is 6.06. The van der Waals surface area contributed by atoms with Crippen molar-refractivity contribution >= 4 is 5.91 Å². The molecule has 15 heavy (non-hydrogen) atoms. The Kier molecular flexibility index (Phi) is 5.65. The number of rotatable bonds is 6. The average molecular weight is 214 g/mol. The number of hydrogen-bond acceptors (Lipinski definition) is 3. The zero-order valence-corrected chi connectivity index (χ0v) is 9.79. The van der Waals surface area contributed by atoms with E-state index in [1.165, 1.54) is 25.9 Å². The van der Waals surface area contributed by atoms with Gasteiger partial charge < -0.3 is 15.0 Å². The number of nitrogens with one attached hydrogen (secondary N) is 1. The molecule has 0 bridgehead atoms. The summed E-state index contributed by atoms with van der Waals surface area (Å²) in [4.78, 5) is 13.8. The normalized spacial score (nSPS) is 19.1. The van der Waals surface area contributed by atoms with Gasteiger partial charge in [-0.15, -0.1) is 0 Å². The van der Waals surface area contributed by atoms with Crippen molar-refractivity contribution in [2.24, 2.45) is 0 Å². The van der Waals surface area contributed by atoms with Gasteiger partial charge in [0.1, 0.15) is 6.10 Å². The van der Waals surface area contributed by atoms with Crippen molar-refractivity contribution in [3.8, 4) is 0 Å². The topological polar surface area (TPSA) is 41.6 Å². The largest absolute Gasteiger partial charge is 0.372 e. The van der Waals surface area contributed by atoms with Crippen molar-refractivity contribution in [2.45, 2.75) is 32.3 Å². The highest BCUT2D eigenvalue weighted by Crippen LogP contribution is 2.06. The molecule has 1 heterocycles. The number of hydrogen-bond donors (Lipinski definition) is 1. The van der Waals surface area contributed by atoms with Gasteiger partial charge in [-0.05, 0) is 45.8 Å². The molecule has 1 atom stereocenters. The van der Waals surface area contributed by atoms with E-state index >= 15 is 0 Å². The van der Waals surface area contributed by atoms with Gasteiger partial charge in [0.15, 0.2) is 0 Å². The van der Waals surface area contributed by atoms with Crippen LogP contribution in [0.4, 0.5) is 0 Å². The van der Waals surface area contributed by atoms with Gasteiger partial charge in [-0.1, -0.05) is 0 Å². The minimum absolute atomic E-state index is 0.0149. The van der Waals surface area contributed by atoms with E-state index in [1.807, 2.05) is 0 Å². The van der Waals surface area contributed by atoms with Crippen molar-refractivity contribution in [2.75, 3.05) is 33.3 Å². The molecule has 0 aromatic carbocycles. The predicted octanol–water partition coefficient (Wildman–Crippen LogP) is 0.623. The van der Waals surface area contributed by atoms with E-state index in [4.69, 9.17) is 4.74 Å². The Balaban J connectivity index is 1.98. The molecule has 4 heteroatoms. The summed E-state index contributed by atoms with van der Waals surface area (Å²) < 4.78 is 4.92. The van der Waals surface area contributed by atoms with E-state index in [0.717, 1.165) is 19.5 Å². The molecule has 1 fully saturated rings. The summed E-state index contributed by atoms with van der Waals surface area (Å²) in [6.07, 6.45) is 3.35. The molecule has 1 aliphatic heterocycles. The van der Waals surface area contributed by atoms with Crippen LogP contribution in [0.15, 0.2) is 0 Å². The highest BCUT2D eigenvalue weighted by Gasteiger charge is 2.12. The van der Waals surface area contributed by atoms with Gasteiger partial charge in [0.2, 0.25) is 5.91 Å². The van der Waals surface area contributed by atoms with Gasteiger partial charge in [0.05, 0.1) is 0 Å². The first-order valence-corrected chi connectivity index (χ1v) is 5.77. The lowest BCUT2D eigenvalue weighted by Crippen LogP contribution is -2.35. The Morgan fingerprint density at radius 3 is 2.73 bits per heavy atom. The maximum atomic E-state index is 11.3. The number of nitrogens with zero attached hydrogens (tertiary/aromatic N) is 1. The molecule has 0 aromatic heterocycles. The molecule has 88 valence electrons. The lowest BCUT2D eigenvalue weighted by atomic mass is 10.3. The second-order valence-corrected chi connectivity index (χ2v) is 4.07. The zero-order valence-electron chi connectivity index (χ0n) is 9.79. The quantitative estimate of drug-likeness (QED) is 0.659. The third-order valence-corrected chi connectivity index (χ3v) is 2.87. The van der Waals surface area contributed by atoms with Crippen LogP contribution in [0.5, 0.6) is 0 Å². The second kappa shape index (κ2) is 6.80. The van der Waals surface area contributed by atoms with E-state index in [0.29, 0.717) is 0 Å². The molecule has 0 aliphatic carbocycles. The summed E-state index contributed by atoms with van der Waals surface area (Å²) in [7, 11) is 1.55. The monoisotopic (exact) mass is 214 g/mol. The van der Waals surface area contributed by atoms with Crippen molar-refractivity contribution < 1.29 is 9.53 Å². The first kappa shape index (κ1) is 12.5. The van der Waals surface area contributed by atoms with E-state index < -0.39 is 0 Å². The summed E-state index contributed by atoms with van der Waals surface area (Å²) in [6, 6.07) is 0. The third-order valence-electron chi connectivity index (χ3n) is 2.87. The van der Waals surface area contributed by atoms with Crippen LogP contribution in [-0.2, 0) is 9.53 Å². The van der Waals surface area contributed by atoms with Crippen LogP contribution < -0.4 is 5.32 Å². The van der Waals surface area contributed by atoms with Gasteiger partial charge in [-0.2, -0.15) is 0 Å². The molecule has 1 N–H and O–H groups in total. The van der Waals surface area contributed by atoms with Crippen LogP contribution >= 0.6 is 0 Å². The average Bonchev–Trinajstić information content (AvgIpc) is 2.75. The Morgan fingerprint density at radius 1 is 1.47 bits per heavy atom. The second-order valence-electron chi connectivity index (χ2n) is 4.07. The van der Waals surface area contributed by atoms with Crippen molar-refractivity contribution in [1.82, 2.24) is 10.2 Å². The van der Waals surface area contributed by atoms with Gasteiger partial charge in [-0.3, -0.25) is 4.79 Å². The molecule has 1 aliphatic rings. The number of amides is 1. The molecule has 0 saturated carbocycles. The lowest BCUT2D eigenvalue weighted by Gasteiger charge is -2.15. The molecular formula is C11H22N2O2. The molecule has 1 rings (SSSR count). The zero-order chi connectivity index (χ0) is 11.1. The van der Waals surface area contributed by atoms with Crippen LogP contribution in [0.25, 0.3) is 0 Å². The van der Waals surface area contributed by atoms with Gasteiger partial charge >= 0.3 is 0 Å². The molecule has 0 spiro atoms. The highest BCUT2D eigenvalue weighted by molar-refractivity contribution is 5.80. The van der Waals surface area contributed by atoms with Crippen molar-refractivity contribution in [3.05, 3.63) is 0 Å². The molecule has 1 saturated heterocycles. The third kappa shape index (κ3) is 4.62. The highest BCUT2D eigenvalue weighted by atomic mass is 16.5. The first-order chi connectivity index (χ1) is 7.24. The fraction of sp³-hybridized carbons (Fsp3) is 0.909. The maximum absolute atomic E-state index is 11.3.